The molecule has 2 aliphatic heterocycles. The van der Waals surface area contributed by atoms with Crippen LogP contribution in [-0.4, -0.2) is 50.4 Å². The van der Waals surface area contributed by atoms with Crippen LogP contribution in [-0.2, 0) is 21.3 Å². The van der Waals surface area contributed by atoms with Gasteiger partial charge in [0.1, 0.15) is 5.82 Å². The zero-order valence-electron chi connectivity index (χ0n) is 14.3. The van der Waals surface area contributed by atoms with Crippen LogP contribution in [0, 0.1) is 11.7 Å². The Bertz CT molecular complexity index is 712. The van der Waals surface area contributed by atoms with Crippen LogP contribution in [0.5, 0.6) is 0 Å². The Morgan fingerprint density at radius 1 is 1.20 bits per heavy atom. The van der Waals surface area contributed by atoms with Crippen molar-refractivity contribution in [2.24, 2.45) is 5.92 Å². The average molecular weight is 368 g/mol. The number of benzene rings is 1. The van der Waals surface area contributed by atoms with Gasteiger partial charge in [0, 0.05) is 32.8 Å². The molecular weight excluding hydrogens is 343 g/mol. The van der Waals surface area contributed by atoms with Crippen molar-refractivity contribution in [2.45, 2.75) is 43.1 Å². The minimum Gasteiger partial charge on any atom is -0.372 e. The first-order valence-corrected chi connectivity index (χ1v) is 10.6. The van der Waals surface area contributed by atoms with Gasteiger partial charge in [0.15, 0.2) is 0 Å². The summed E-state index contributed by atoms with van der Waals surface area (Å²) in [6.07, 6.45) is 3.42. The maximum absolute atomic E-state index is 13.0. The second-order valence-electron chi connectivity index (χ2n) is 7.60. The minimum absolute atomic E-state index is 0.120. The van der Waals surface area contributed by atoms with Gasteiger partial charge in [0.25, 0.3) is 0 Å². The number of hydrogen-bond acceptors (Lipinski definition) is 4. The van der Waals surface area contributed by atoms with Crippen LogP contribution in [0.2, 0.25) is 0 Å². The highest BCUT2D eigenvalue weighted by Gasteiger charge is 2.52. The third-order valence-electron chi connectivity index (χ3n) is 5.66. The van der Waals surface area contributed by atoms with Gasteiger partial charge in [-0.25, -0.2) is 17.5 Å². The SMILES string of the molecule is O=S(=O)(NCC[C@H]1CCOC12CN(Cc1ccc(F)cc1)C2)C1CC1. The van der Waals surface area contributed by atoms with Gasteiger partial charge in [-0.15, -0.1) is 0 Å². The van der Waals surface area contributed by atoms with Crippen molar-refractivity contribution in [3.05, 3.63) is 35.6 Å². The molecule has 1 N–H and O–H groups in total. The topological polar surface area (TPSA) is 58.6 Å². The Kier molecular flexibility index (Phi) is 4.60. The number of sulfonamides is 1. The van der Waals surface area contributed by atoms with Crippen LogP contribution in [0.4, 0.5) is 4.39 Å². The summed E-state index contributed by atoms with van der Waals surface area (Å²) < 4.78 is 45.6. The van der Waals surface area contributed by atoms with Crippen molar-refractivity contribution in [1.82, 2.24) is 9.62 Å². The highest BCUT2D eigenvalue weighted by Crippen LogP contribution is 2.42. The van der Waals surface area contributed by atoms with Gasteiger partial charge in [-0.2, -0.15) is 0 Å². The van der Waals surface area contributed by atoms with Gasteiger partial charge in [-0.1, -0.05) is 12.1 Å². The zero-order valence-corrected chi connectivity index (χ0v) is 15.1. The molecule has 2 saturated heterocycles. The summed E-state index contributed by atoms with van der Waals surface area (Å²) >= 11 is 0. The van der Waals surface area contributed by atoms with Gasteiger partial charge in [-0.3, -0.25) is 4.90 Å². The highest BCUT2D eigenvalue weighted by molar-refractivity contribution is 7.90. The lowest BCUT2D eigenvalue weighted by Gasteiger charge is -2.50. The largest absolute Gasteiger partial charge is 0.372 e. The van der Waals surface area contributed by atoms with E-state index in [1.807, 2.05) is 12.1 Å². The summed E-state index contributed by atoms with van der Waals surface area (Å²) in [5.74, 6) is 0.190. The molecule has 0 radical (unpaired) electrons. The van der Waals surface area contributed by atoms with Crippen molar-refractivity contribution in [2.75, 3.05) is 26.2 Å². The van der Waals surface area contributed by atoms with Crippen LogP contribution in [0.25, 0.3) is 0 Å². The molecule has 3 aliphatic rings. The van der Waals surface area contributed by atoms with E-state index in [1.165, 1.54) is 12.1 Å². The minimum atomic E-state index is -3.09. The van der Waals surface area contributed by atoms with Crippen LogP contribution < -0.4 is 4.72 Å². The molecule has 0 bridgehead atoms. The maximum Gasteiger partial charge on any atom is 0.214 e. The predicted octanol–water partition coefficient (Wildman–Crippen LogP) is 1.89. The molecule has 0 aromatic heterocycles. The highest BCUT2D eigenvalue weighted by atomic mass is 32.2. The van der Waals surface area contributed by atoms with E-state index in [1.54, 1.807) is 0 Å². The molecule has 4 rings (SSSR count). The number of ether oxygens (including phenoxy) is 1. The Labute approximate surface area is 148 Å². The molecule has 1 aromatic rings. The van der Waals surface area contributed by atoms with Gasteiger partial charge in [0.05, 0.1) is 10.9 Å². The summed E-state index contributed by atoms with van der Waals surface area (Å²) in [6.45, 7) is 3.79. The monoisotopic (exact) mass is 368 g/mol. The normalized spacial score (nSPS) is 26.0. The molecule has 3 fully saturated rings. The van der Waals surface area contributed by atoms with Crippen LogP contribution >= 0.6 is 0 Å². The first kappa shape index (κ1) is 17.4. The van der Waals surface area contributed by atoms with Crippen LogP contribution in [0.15, 0.2) is 24.3 Å². The fourth-order valence-electron chi connectivity index (χ4n) is 4.08. The van der Waals surface area contributed by atoms with E-state index in [2.05, 4.69) is 9.62 Å². The Hall–Kier alpha value is -1.02. The Balaban J connectivity index is 1.26. The van der Waals surface area contributed by atoms with E-state index in [9.17, 15) is 12.8 Å². The third-order valence-corrected chi connectivity index (χ3v) is 7.62. The molecule has 0 amide bonds. The van der Waals surface area contributed by atoms with E-state index in [4.69, 9.17) is 4.74 Å². The van der Waals surface area contributed by atoms with E-state index in [-0.39, 0.29) is 16.7 Å². The van der Waals surface area contributed by atoms with E-state index in [0.717, 1.165) is 57.5 Å². The number of halogens is 1. The number of likely N-dealkylation sites (tertiary alicyclic amines) is 1. The number of rotatable bonds is 7. The molecule has 7 heteroatoms. The molecule has 5 nitrogen and oxygen atoms in total. The summed E-state index contributed by atoms with van der Waals surface area (Å²) in [5, 5.41) is -0.156. The third kappa shape index (κ3) is 3.74. The molecule has 25 heavy (non-hydrogen) atoms. The lowest BCUT2D eigenvalue weighted by atomic mass is 9.79. The summed E-state index contributed by atoms with van der Waals surface area (Å²) in [4.78, 5) is 2.31. The molecular formula is C18H25FN2O3S. The lowest BCUT2D eigenvalue weighted by Crippen LogP contribution is -2.64. The summed E-state index contributed by atoms with van der Waals surface area (Å²) in [5.41, 5.74) is 0.980. The van der Waals surface area contributed by atoms with Gasteiger partial charge >= 0.3 is 0 Å². The van der Waals surface area contributed by atoms with Crippen LogP contribution in [0.3, 0.4) is 0 Å². The van der Waals surface area contributed by atoms with Gasteiger partial charge < -0.3 is 4.74 Å². The zero-order chi connectivity index (χ0) is 17.5. The number of nitrogens with zero attached hydrogens (tertiary/aromatic N) is 1. The molecule has 1 spiro atoms. The van der Waals surface area contributed by atoms with Crippen molar-refractivity contribution < 1.29 is 17.5 Å². The van der Waals surface area contributed by atoms with Gasteiger partial charge in [0.2, 0.25) is 10.0 Å². The molecule has 1 saturated carbocycles. The van der Waals surface area contributed by atoms with Crippen molar-refractivity contribution in [3.63, 3.8) is 0 Å². The number of nitrogens with one attached hydrogen (secondary N) is 1. The first-order chi connectivity index (χ1) is 12.0. The molecule has 1 aliphatic carbocycles. The molecule has 2 heterocycles. The standard InChI is InChI=1S/C18H25FN2O3S/c19-16-3-1-14(2-4-16)11-21-12-18(13-21)15(8-10-24-18)7-9-20-25(22,23)17-5-6-17/h1-4,15,17,20H,5-13H2/t15-/m0/s1. The molecule has 138 valence electrons. The number of hydrogen-bond donors (Lipinski definition) is 1. The summed E-state index contributed by atoms with van der Waals surface area (Å²) in [6, 6.07) is 6.62. The van der Waals surface area contributed by atoms with E-state index in [0.29, 0.717) is 12.5 Å². The Morgan fingerprint density at radius 3 is 2.60 bits per heavy atom. The lowest BCUT2D eigenvalue weighted by molar-refractivity contribution is -0.136. The van der Waals surface area contributed by atoms with Crippen LogP contribution in [0.1, 0.15) is 31.2 Å². The van der Waals surface area contributed by atoms with Crippen molar-refractivity contribution >= 4 is 10.0 Å². The molecule has 1 atom stereocenters. The van der Waals surface area contributed by atoms with E-state index >= 15 is 0 Å². The quantitative estimate of drug-likeness (QED) is 0.799. The van der Waals surface area contributed by atoms with E-state index < -0.39 is 10.0 Å². The summed E-state index contributed by atoms with van der Waals surface area (Å²) in [7, 11) is -3.09. The molecule has 0 unspecified atom stereocenters. The second-order valence-corrected chi connectivity index (χ2v) is 9.64. The fourth-order valence-corrected chi connectivity index (χ4v) is 5.48. The predicted molar refractivity (Wildman–Crippen MR) is 93.0 cm³/mol. The van der Waals surface area contributed by atoms with Gasteiger partial charge in [-0.05, 0) is 49.3 Å². The smallest absolute Gasteiger partial charge is 0.214 e. The second kappa shape index (κ2) is 6.61. The van der Waals surface area contributed by atoms with Crippen molar-refractivity contribution in [3.8, 4) is 0 Å². The fraction of sp³-hybridized carbons (Fsp3) is 0.667. The average Bonchev–Trinajstić information content (AvgIpc) is 3.32. The molecule has 1 aromatic carbocycles. The maximum atomic E-state index is 13.0. The van der Waals surface area contributed by atoms with Crippen molar-refractivity contribution in [1.29, 1.82) is 0 Å². The first-order valence-electron chi connectivity index (χ1n) is 9.06. The Morgan fingerprint density at radius 2 is 1.92 bits per heavy atom.